The van der Waals surface area contributed by atoms with Crippen molar-refractivity contribution in [2.24, 2.45) is 0 Å². The van der Waals surface area contributed by atoms with Gasteiger partial charge in [-0.3, -0.25) is 9.20 Å². The molecule has 8 nitrogen and oxygen atoms in total. The number of aromatic nitrogens is 2. The molecule has 0 saturated carbocycles. The van der Waals surface area contributed by atoms with E-state index in [0.717, 1.165) is 28.9 Å². The first-order valence-corrected chi connectivity index (χ1v) is 11.0. The normalized spacial score (nSPS) is 10.9. The molecular weight excluding hydrogens is 428 g/mol. The summed E-state index contributed by atoms with van der Waals surface area (Å²) < 4.78 is 1.74. The standard InChI is InChI=1S/C26H28N6O2/c1-18-10-11-19(15-28-26(34)29-21-8-6-7-20(13-21)17-31(2)3)14-22(18)30-25(33)23-16-27-24-9-4-5-12-32(23)24/h4-14,16H,15,17H2,1-3H3,(H,30,33)(H2,28,29,34). The molecule has 3 amide bonds. The van der Waals surface area contributed by atoms with Crippen molar-refractivity contribution in [1.82, 2.24) is 19.6 Å². The number of nitrogens with one attached hydrogen (secondary N) is 3. The Morgan fingerprint density at radius 3 is 2.65 bits per heavy atom. The van der Waals surface area contributed by atoms with E-state index in [2.05, 4.69) is 25.8 Å². The van der Waals surface area contributed by atoms with Gasteiger partial charge < -0.3 is 20.9 Å². The van der Waals surface area contributed by atoms with Crippen LogP contribution in [0.5, 0.6) is 0 Å². The third-order valence-corrected chi connectivity index (χ3v) is 5.34. The molecule has 0 aliphatic heterocycles. The molecule has 0 spiro atoms. The van der Waals surface area contributed by atoms with Crippen LogP contribution in [0, 0.1) is 6.92 Å². The number of carbonyl (C=O) groups excluding carboxylic acids is 2. The van der Waals surface area contributed by atoms with Crippen molar-refractivity contribution in [3.63, 3.8) is 0 Å². The smallest absolute Gasteiger partial charge is 0.319 e. The highest BCUT2D eigenvalue weighted by atomic mass is 16.2. The summed E-state index contributed by atoms with van der Waals surface area (Å²) >= 11 is 0. The lowest BCUT2D eigenvalue weighted by atomic mass is 10.1. The molecule has 2 aromatic heterocycles. The van der Waals surface area contributed by atoms with E-state index >= 15 is 0 Å². The fourth-order valence-electron chi connectivity index (χ4n) is 3.67. The van der Waals surface area contributed by atoms with E-state index in [1.807, 2.05) is 81.7 Å². The first-order chi connectivity index (χ1) is 16.4. The van der Waals surface area contributed by atoms with Crippen LogP contribution in [-0.4, -0.2) is 40.3 Å². The maximum atomic E-state index is 12.9. The molecule has 0 bridgehead atoms. The maximum Gasteiger partial charge on any atom is 0.319 e. The van der Waals surface area contributed by atoms with Crippen LogP contribution in [0.25, 0.3) is 5.65 Å². The van der Waals surface area contributed by atoms with Gasteiger partial charge in [0.2, 0.25) is 0 Å². The largest absolute Gasteiger partial charge is 0.334 e. The molecule has 0 radical (unpaired) electrons. The van der Waals surface area contributed by atoms with E-state index in [-0.39, 0.29) is 11.9 Å². The van der Waals surface area contributed by atoms with Crippen molar-refractivity contribution in [2.45, 2.75) is 20.0 Å². The number of hydrogen-bond donors (Lipinski definition) is 3. The van der Waals surface area contributed by atoms with E-state index in [0.29, 0.717) is 23.6 Å². The Hall–Kier alpha value is -4.17. The minimum Gasteiger partial charge on any atom is -0.334 e. The molecular formula is C26H28N6O2. The van der Waals surface area contributed by atoms with Gasteiger partial charge in [-0.15, -0.1) is 0 Å². The van der Waals surface area contributed by atoms with Crippen molar-refractivity contribution in [3.8, 4) is 0 Å². The summed E-state index contributed by atoms with van der Waals surface area (Å²) in [6, 6.07) is 18.8. The maximum absolute atomic E-state index is 12.9. The van der Waals surface area contributed by atoms with Crippen LogP contribution in [0.15, 0.2) is 73.1 Å². The van der Waals surface area contributed by atoms with Crippen LogP contribution in [0.1, 0.15) is 27.2 Å². The average molecular weight is 457 g/mol. The van der Waals surface area contributed by atoms with Gasteiger partial charge in [0.1, 0.15) is 11.3 Å². The fourth-order valence-corrected chi connectivity index (χ4v) is 3.67. The zero-order valence-electron chi connectivity index (χ0n) is 19.5. The van der Waals surface area contributed by atoms with E-state index in [1.165, 1.54) is 0 Å². The third-order valence-electron chi connectivity index (χ3n) is 5.34. The van der Waals surface area contributed by atoms with E-state index < -0.39 is 0 Å². The number of amides is 3. The zero-order chi connectivity index (χ0) is 24.1. The number of nitrogens with zero attached hydrogens (tertiary/aromatic N) is 3. The summed E-state index contributed by atoms with van der Waals surface area (Å²) in [7, 11) is 4.01. The van der Waals surface area contributed by atoms with Crippen molar-refractivity contribution in [1.29, 1.82) is 0 Å². The number of urea groups is 1. The molecule has 34 heavy (non-hydrogen) atoms. The SMILES string of the molecule is Cc1ccc(CNC(=O)Nc2cccc(CN(C)C)c2)cc1NC(=O)c1cnc2ccccn12. The second-order valence-electron chi connectivity index (χ2n) is 8.42. The molecule has 3 N–H and O–H groups in total. The fraction of sp³-hybridized carbons (Fsp3) is 0.192. The molecule has 2 aromatic carbocycles. The van der Waals surface area contributed by atoms with E-state index in [9.17, 15) is 9.59 Å². The average Bonchev–Trinajstić information content (AvgIpc) is 3.24. The molecule has 4 rings (SSSR count). The number of anilines is 2. The van der Waals surface area contributed by atoms with Gasteiger partial charge in [0.15, 0.2) is 0 Å². The number of imidazole rings is 1. The lowest BCUT2D eigenvalue weighted by Gasteiger charge is -2.13. The zero-order valence-corrected chi connectivity index (χ0v) is 19.5. The second kappa shape index (κ2) is 10.2. The molecule has 0 saturated heterocycles. The highest BCUT2D eigenvalue weighted by Crippen LogP contribution is 2.19. The number of pyridine rings is 1. The van der Waals surface area contributed by atoms with Gasteiger partial charge in [-0.25, -0.2) is 9.78 Å². The van der Waals surface area contributed by atoms with Gasteiger partial charge in [-0.2, -0.15) is 0 Å². The lowest BCUT2D eigenvalue weighted by Crippen LogP contribution is -2.28. The van der Waals surface area contributed by atoms with Gasteiger partial charge in [0.25, 0.3) is 5.91 Å². The number of carbonyl (C=O) groups is 2. The molecule has 0 aliphatic rings. The van der Waals surface area contributed by atoms with Crippen LogP contribution in [-0.2, 0) is 13.1 Å². The highest BCUT2D eigenvalue weighted by molar-refractivity contribution is 6.04. The van der Waals surface area contributed by atoms with Gasteiger partial charge in [-0.1, -0.05) is 30.3 Å². The van der Waals surface area contributed by atoms with E-state index in [4.69, 9.17) is 0 Å². The van der Waals surface area contributed by atoms with Crippen molar-refractivity contribution < 1.29 is 9.59 Å². The van der Waals surface area contributed by atoms with Crippen molar-refractivity contribution >= 4 is 29.0 Å². The number of rotatable bonds is 7. The molecule has 8 heteroatoms. The Morgan fingerprint density at radius 1 is 0.971 bits per heavy atom. The highest BCUT2D eigenvalue weighted by Gasteiger charge is 2.13. The Balaban J connectivity index is 1.38. The van der Waals surface area contributed by atoms with Gasteiger partial charge in [0, 0.05) is 30.7 Å². The van der Waals surface area contributed by atoms with Crippen LogP contribution in [0.3, 0.4) is 0 Å². The van der Waals surface area contributed by atoms with Gasteiger partial charge in [0.05, 0.1) is 6.20 Å². The van der Waals surface area contributed by atoms with Crippen LogP contribution < -0.4 is 16.0 Å². The van der Waals surface area contributed by atoms with Crippen LogP contribution >= 0.6 is 0 Å². The number of benzene rings is 2. The number of aryl methyl sites for hydroxylation is 1. The summed E-state index contributed by atoms with van der Waals surface area (Å²) in [6.07, 6.45) is 3.36. The summed E-state index contributed by atoms with van der Waals surface area (Å²) in [6.45, 7) is 3.04. The number of fused-ring (bicyclic) bond motifs is 1. The van der Waals surface area contributed by atoms with Crippen molar-refractivity contribution in [3.05, 3.63) is 95.4 Å². The Morgan fingerprint density at radius 2 is 1.82 bits per heavy atom. The summed E-state index contributed by atoms with van der Waals surface area (Å²) in [5, 5.41) is 8.71. The molecule has 0 fully saturated rings. The van der Waals surface area contributed by atoms with Gasteiger partial charge in [-0.05, 0) is 68.0 Å². The summed E-state index contributed by atoms with van der Waals surface area (Å²) in [5.74, 6) is -0.248. The summed E-state index contributed by atoms with van der Waals surface area (Å²) in [4.78, 5) is 31.6. The molecule has 0 unspecified atom stereocenters. The molecule has 0 aliphatic carbocycles. The van der Waals surface area contributed by atoms with Crippen LogP contribution in [0.2, 0.25) is 0 Å². The second-order valence-corrected chi connectivity index (χ2v) is 8.42. The first kappa shape index (κ1) is 23.0. The molecule has 0 atom stereocenters. The number of hydrogen-bond acceptors (Lipinski definition) is 4. The Kier molecular flexibility index (Phi) is 6.89. The van der Waals surface area contributed by atoms with Crippen LogP contribution in [0.4, 0.5) is 16.2 Å². The summed E-state index contributed by atoms with van der Waals surface area (Å²) in [5.41, 5.74) is 5.50. The Labute approximate surface area is 198 Å². The predicted octanol–water partition coefficient (Wildman–Crippen LogP) is 4.28. The van der Waals surface area contributed by atoms with Crippen molar-refractivity contribution in [2.75, 3.05) is 24.7 Å². The molecule has 4 aromatic rings. The predicted molar refractivity (Wildman–Crippen MR) is 134 cm³/mol. The topological polar surface area (TPSA) is 90.8 Å². The minimum absolute atomic E-state index is 0.248. The van der Waals surface area contributed by atoms with E-state index in [1.54, 1.807) is 16.8 Å². The Bertz CT molecular complexity index is 1330. The van der Waals surface area contributed by atoms with Gasteiger partial charge >= 0.3 is 6.03 Å². The minimum atomic E-state index is -0.293. The molecule has 2 heterocycles. The third kappa shape index (κ3) is 5.60. The lowest BCUT2D eigenvalue weighted by molar-refractivity contribution is 0.102. The quantitative estimate of drug-likeness (QED) is 0.387. The first-order valence-electron chi connectivity index (χ1n) is 11.0. The molecule has 174 valence electrons. The monoisotopic (exact) mass is 456 g/mol.